The van der Waals surface area contributed by atoms with Crippen LogP contribution in [-0.2, 0) is 22.7 Å². The molecule has 22 heavy (non-hydrogen) atoms. The van der Waals surface area contributed by atoms with Gasteiger partial charge in [0.15, 0.2) is 0 Å². The number of likely N-dealkylation sites (tertiary alicyclic amines) is 1. The quantitative estimate of drug-likeness (QED) is 0.851. The van der Waals surface area contributed by atoms with Crippen molar-refractivity contribution < 1.29 is 14.0 Å². The Morgan fingerprint density at radius 1 is 1.45 bits per heavy atom. The monoisotopic (exact) mass is 318 g/mol. The van der Waals surface area contributed by atoms with Crippen molar-refractivity contribution >= 4 is 23.2 Å². The maximum absolute atomic E-state index is 12.6. The number of nitrogens with zero attached hydrogens (tertiary/aromatic N) is 2. The zero-order valence-corrected chi connectivity index (χ0v) is 13.2. The predicted octanol–water partition coefficient (Wildman–Crippen LogP) is 2.49. The molecule has 0 bridgehead atoms. The second-order valence-electron chi connectivity index (χ2n) is 5.43. The number of amides is 2. The van der Waals surface area contributed by atoms with Gasteiger partial charge in [-0.15, -0.1) is 11.3 Å². The van der Waals surface area contributed by atoms with Crippen LogP contribution in [0.15, 0.2) is 40.3 Å². The molecule has 3 heterocycles. The van der Waals surface area contributed by atoms with Gasteiger partial charge < -0.3 is 14.2 Å². The van der Waals surface area contributed by atoms with Gasteiger partial charge in [-0.1, -0.05) is 6.07 Å². The SMILES string of the molecule is CN(Cc1ccco1)C(=O)[C@H]1CCC(=O)N1Cc1cccs1. The Kier molecular flexibility index (Phi) is 4.29. The summed E-state index contributed by atoms with van der Waals surface area (Å²) in [5.74, 6) is 0.766. The van der Waals surface area contributed by atoms with E-state index in [1.54, 1.807) is 40.5 Å². The maximum atomic E-state index is 12.6. The van der Waals surface area contributed by atoms with Crippen molar-refractivity contribution in [1.29, 1.82) is 0 Å². The third-order valence-electron chi connectivity index (χ3n) is 3.87. The van der Waals surface area contributed by atoms with E-state index in [2.05, 4.69) is 0 Å². The zero-order valence-electron chi connectivity index (χ0n) is 12.4. The molecule has 1 aliphatic heterocycles. The number of carbonyl (C=O) groups is 2. The summed E-state index contributed by atoms with van der Waals surface area (Å²) in [6.45, 7) is 0.935. The van der Waals surface area contributed by atoms with Gasteiger partial charge in [0.05, 0.1) is 19.4 Å². The average molecular weight is 318 g/mol. The van der Waals surface area contributed by atoms with Crippen LogP contribution >= 0.6 is 11.3 Å². The zero-order chi connectivity index (χ0) is 15.5. The second kappa shape index (κ2) is 6.36. The molecule has 1 aliphatic rings. The van der Waals surface area contributed by atoms with E-state index in [4.69, 9.17) is 4.42 Å². The van der Waals surface area contributed by atoms with E-state index in [0.717, 1.165) is 10.6 Å². The van der Waals surface area contributed by atoms with Crippen LogP contribution < -0.4 is 0 Å². The highest BCUT2D eigenvalue weighted by Gasteiger charge is 2.37. The highest BCUT2D eigenvalue weighted by Crippen LogP contribution is 2.25. The van der Waals surface area contributed by atoms with Crippen LogP contribution in [0.4, 0.5) is 0 Å². The fourth-order valence-electron chi connectivity index (χ4n) is 2.73. The summed E-state index contributed by atoms with van der Waals surface area (Å²) < 4.78 is 5.28. The van der Waals surface area contributed by atoms with Gasteiger partial charge in [-0.3, -0.25) is 9.59 Å². The lowest BCUT2D eigenvalue weighted by atomic mass is 10.2. The molecule has 0 aromatic carbocycles. The lowest BCUT2D eigenvalue weighted by Crippen LogP contribution is -2.44. The van der Waals surface area contributed by atoms with E-state index in [1.165, 1.54) is 0 Å². The smallest absolute Gasteiger partial charge is 0.245 e. The molecule has 2 aromatic heterocycles. The van der Waals surface area contributed by atoms with E-state index in [0.29, 0.717) is 25.9 Å². The Morgan fingerprint density at radius 2 is 2.32 bits per heavy atom. The van der Waals surface area contributed by atoms with Crippen molar-refractivity contribution in [3.05, 3.63) is 46.5 Å². The summed E-state index contributed by atoms with van der Waals surface area (Å²) in [4.78, 5) is 29.2. The lowest BCUT2D eigenvalue weighted by Gasteiger charge is -2.27. The van der Waals surface area contributed by atoms with Crippen LogP contribution in [0.1, 0.15) is 23.5 Å². The minimum Gasteiger partial charge on any atom is -0.467 e. The van der Waals surface area contributed by atoms with Crippen LogP contribution in [0.3, 0.4) is 0 Å². The molecular formula is C16H18N2O3S. The summed E-state index contributed by atoms with van der Waals surface area (Å²) in [6.07, 6.45) is 2.62. The number of hydrogen-bond acceptors (Lipinski definition) is 4. The molecule has 1 saturated heterocycles. The summed E-state index contributed by atoms with van der Waals surface area (Å²) in [7, 11) is 1.75. The number of carbonyl (C=O) groups excluding carboxylic acids is 2. The van der Waals surface area contributed by atoms with Crippen LogP contribution in [0.5, 0.6) is 0 Å². The number of hydrogen-bond donors (Lipinski definition) is 0. The molecule has 116 valence electrons. The standard InChI is InChI=1S/C16H18N2O3S/c1-17(10-12-4-2-8-21-12)16(20)14-6-7-15(19)18(14)11-13-5-3-9-22-13/h2-5,8-9,14H,6-7,10-11H2,1H3/t14-/m1/s1. The van der Waals surface area contributed by atoms with E-state index >= 15 is 0 Å². The highest BCUT2D eigenvalue weighted by molar-refractivity contribution is 7.09. The van der Waals surface area contributed by atoms with E-state index < -0.39 is 0 Å². The van der Waals surface area contributed by atoms with E-state index in [-0.39, 0.29) is 17.9 Å². The first-order chi connectivity index (χ1) is 10.6. The minimum atomic E-state index is -0.366. The molecule has 1 atom stereocenters. The molecule has 2 amide bonds. The Bertz CT molecular complexity index is 636. The Morgan fingerprint density at radius 3 is 3.00 bits per heavy atom. The highest BCUT2D eigenvalue weighted by atomic mass is 32.1. The molecule has 0 saturated carbocycles. The third-order valence-corrected chi connectivity index (χ3v) is 4.73. The first-order valence-corrected chi connectivity index (χ1v) is 8.12. The summed E-state index contributed by atoms with van der Waals surface area (Å²) in [5.41, 5.74) is 0. The number of rotatable bonds is 5. The van der Waals surface area contributed by atoms with Crippen LogP contribution in [-0.4, -0.2) is 34.7 Å². The molecule has 0 N–H and O–H groups in total. The van der Waals surface area contributed by atoms with E-state index in [1.807, 2.05) is 23.6 Å². The predicted molar refractivity (Wildman–Crippen MR) is 83.1 cm³/mol. The van der Waals surface area contributed by atoms with Crippen molar-refractivity contribution in [3.8, 4) is 0 Å². The average Bonchev–Trinajstić information content (AvgIpc) is 3.23. The Hall–Kier alpha value is -2.08. The third kappa shape index (κ3) is 3.06. The van der Waals surface area contributed by atoms with E-state index in [9.17, 15) is 9.59 Å². The Balaban J connectivity index is 1.68. The molecule has 3 rings (SSSR count). The van der Waals surface area contributed by atoms with Gasteiger partial charge in [-0.25, -0.2) is 0 Å². The van der Waals surface area contributed by atoms with Crippen molar-refractivity contribution in [2.45, 2.75) is 32.0 Å². The molecule has 5 nitrogen and oxygen atoms in total. The van der Waals surface area contributed by atoms with Gasteiger partial charge in [0.25, 0.3) is 0 Å². The van der Waals surface area contributed by atoms with Crippen LogP contribution in [0, 0.1) is 0 Å². The molecule has 1 fully saturated rings. The first-order valence-electron chi connectivity index (χ1n) is 7.24. The van der Waals surface area contributed by atoms with Gasteiger partial charge in [0, 0.05) is 18.3 Å². The van der Waals surface area contributed by atoms with Gasteiger partial charge >= 0.3 is 0 Å². The van der Waals surface area contributed by atoms with Crippen molar-refractivity contribution in [2.75, 3.05) is 7.05 Å². The fraction of sp³-hybridized carbons (Fsp3) is 0.375. The molecule has 0 aliphatic carbocycles. The van der Waals surface area contributed by atoms with Gasteiger partial charge in [0.1, 0.15) is 11.8 Å². The molecule has 6 heteroatoms. The number of likely N-dealkylation sites (N-methyl/N-ethyl adjacent to an activating group) is 1. The largest absolute Gasteiger partial charge is 0.467 e. The van der Waals surface area contributed by atoms with Gasteiger partial charge in [-0.05, 0) is 30.0 Å². The van der Waals surface area contributed by atoms with Crippen molar-refractivity contribution in [1.82, 2.24) is 9.80 Å². The van der Waals surface area contributed by atoms with Crippen LogP contribution in [0.2, 0.25) is 0 Å². The molecule has 2 aromatic rings. The normalized spacial score (nSPS) is 18.0. The molecular weight excluding hydrogens is 300 g/mol. The molecule has 0 spiro atoms. The van der Waals surface area contributed by atoms with Crippen molar-refractivity contribution in [2.24, 2.45) is 0 Å². The first kappa shape index (κ1) is 14.8. The number of thiophene rings is 1. The summed E-state index contributed by atoms with van der Waals surface area (Å²) in [6, 6.07) is 7.22. The van der Waals surface area contributed by atoms with Gasteiger partial charge in [0.2, 0.25) is 11.8 Å². The Labute approximate surface area is 133 Å². The summed E-state index contributed by atoms with van der Waals surface area (Å²) >= 11 is 1.60. The fourth-order valence-corrected chi connectivity index (χ4v) is 3.43. The maximum Gasteiger partial charge on any atom is 0.245 e. The molecule has 0 radical (unpaired) electrons. The minimum absolute atomic E-state index is 0.0289. The summed E-state index contributed by atoms with van der Waals surface area (Å²) in [5, 5.41) is 1.98. The lowest BCUT2D eigenvalue weighted by molar-refractivity contribution is -0.141. The second-order valence-corrected chi connectivity index (χ2v) is 6.46. The van der Waals surface area contributed by atoms with Gasteiger partial charge in [-0.2, -0.15) is 0 Å². The van der Waals surface area contributed by atoms with Crippen LogP contribution in [0.25, 0.3) is 0 Å². The number of furan rings is 1. The topological polar surface area (TPSA) is 53.8 Å². The van der Waals surface area contributed by atoms with Crippen molar-refractivity contribution in [3.63, 3.8) is 0 Å². The molecule has 0 unspecified atom stereocenters.